The summed E-state index contributed by atoms with van der Waals surface area (Å²) in [6.45, 7) is 1.58. The third-order valence-electron chi connectivity index (χ3n) is 2.01. The zero-order valence-corrected chi connectivity index (χ0v) is 8.49. The first-order valence-electron chi connectivity index (χ1n) is 4.19. The molecule has 0 spiro atoms. The van der Waals surface area contributed by atoms with E-state index in [1.165, 1.54) is 0 Å². The Bertz CT molecular complexity index is 371. The number of aliphatic hydroxyl groups is 1. The molecule has 1 rings (SSSR count). The summed E-state index contributed by atoms with van der Waals surface area (Å²) >= 11 is 5.78. The molecular formula is C10H11ClN2O. The van der Waals surface area contributed by atoms with E-state index in [-0.39, 0.29) is 0 Å². The molecule has 4 heteroatoms. The van der Waals surface area contributed by atoms with E-state index in [1.54, 1.807) is 25.1 Å². The lowest BCUT2D eigenvalue weighted by molar-refractivity contribution is 0.164. The predicted octanol–water partition coefficient (Wildman–Crippen LogP) is 1.59. The number of hydrogen-bond donors (Lipinski definition) is 2. The van der Waals surface area contributed by atoms with Crippen molar-refractivity contribution < 1.29 is 5.11 Å². The molecule has 0 saturated carbocycles. The summed E-state index contributed by atoms with van der Waals surface area (Å²) in [5, 5.41) is 18.6. The van der Waals surface area contributed by atoms with Crippen LogP contribution in [0, 0.1) is 11.3 Å². The number of halogens is 1. The smallest absolute Gasteiger partial charge is 0.0995 e. The molecule has 0 unspecified atom stereocenters. The van der Waals surface area contributed by atoms with Crippen molar-refractivity contribution in [1.82, 2.24) is 0 Å². The molecule has 0 aliphatic rings. The van der Waals surface area contributed by atoms with Crippen LogP contribution in [0.5, 0.6) is 0 Å². The number of rotatable bonds is 2. The number of hydrogen-bond acceptors (Lipinski definition) is 3. The van der Waals surface area contributed by atoms with Crippen molar-refractivity contribution in [1.29, 1.82) is 5.26 Å². The molecule has 0 aliphatic carbocycles. The SMILES string of the molecule is C[C@H](O)[C@H](N)c1cc(Cl)ccc1C#N. The Balaban J connectivity index is 3.18. The minimum atomic E-state index is -0.708. The van der Waals surface area contributed by atoms with E-state index in [2.05, 4.69) is 0 Å². The van der Waals surface area contributed by atoms with Crippen LogP contribution in [-0.2, 0) is 0 Å². The Hall–Kier alpha value is -1.08. The number of nitrogens with two attached hydrogens (primary N) is 1. The fourth-order valence-electron chi connectivity index (χ4n) is 1.17. The second-order valence-corrected chi connectivity index (χ2v) is 3.55. The van der Waals surface area contributed by atoms with Gasteiger partial charge in [0.25, 0.3) is 0 Å². The molecule has 0 radical (unpaired) electrons. The van der Waals surface area contributed by atoms with Gasteiger partial charge in [0.1, 0.15) is 0 Å². The van der Waals surface area contributed by atoms with Gasteiger partial charge in [0.2, 0.25) is 0 Å². The Morgan fingerprint density at radius 3 is 2.71 bits per heavy atom. The Kier molecular flexibility index (Phi) is 3.48. The molecule has 0 fully saturated rings. The van der Waals surface area contributed by atoms with E-state index in [9.17, 15) is 5.11 Å². The van der Waals surface area contributed by atoms with Crippen LogP contribution in [0.1, 0.15) is 24.1 Å². The molecule has 3 N–H and O–H groups in total. The minimum Gasteiger partial charge on any atom is -0.391 e. The third-order valence-corrected chi connectivity index (χ3v) is 2.25. The molecule has 0 amide bonds. The molecule has 74 valence electrons. The van der Waals surface area contributed by atoms with Crippen LogP contribution in [0.15, 0.2) is 18.2 Å². The minimum absolute atomic E-state index is 0.447. The first-order chi connectivity index (χ1) is 6.56. The highest BCUT2D eigenvalue weighted by atomic mass is 35.5. The highest BCUT2D eigenvalue weighted by Gasteiger charge is 2.16. The lowest BCUT2D eigenvalue weighted by Gasteiger charge is -2.16. The lowest BCUT2D eigenvalue weighted by atomic mass is 9.98. The van der Waals surface area contributed by atoms with Crippen LogP contribution >= 0.6 is 11.6 Å². The number of nitrogens with zero attached hydrogens (tertiary/aromatic N) is 1. The van der Waals surface area contributed by atoms with Crippen LogP contribution < -0.4 is 5.73 Å². The maximum atomic E-state index is 9.31. The quantitative estimate of drug-likeness (QED) is 0.779. The van der Waals surface area contributed by atoms with Crippen LogP contribution in [0.25, 0.3) is 0 Å². The summed E-state index contributed by atoms with van der Waals surface area (Å²) in [6.07, 6.45) is -0.708. The monoisotopic (exact) mass is 210 g/mol. The summed E-state index contributed by atoms with van der Waals surface area (Å²) in [4.78, 5) is 0. The van der Waals surface area contributed by atoms with Crippen LogP contribution in [-0.4, -0.2) is 11.2 Å². The van der Waals surface area contributed by atoms with Crippen LogP contribution in [0.4, 0.5) is 0 Å². The van der Waals surface area contributed by atoms with Gasteiger partial charge in [-0.2, -0.15) is 5.26 Å². The zero-order valence-electron chi connectivity index (χ0n) is 7.74. The van der Waals surface area contributed by atoms with E-state index in [0.29, 0.717) is 16.1 Å². The molecule has 3 nitrogen and oxygen atoms in total. The van der Waals surface area contributed by atoms with Gasteiger partial charge in [-0.25, -0.2) is 0 Å². The molecule has 14 heavy (non-hydrogen) atoms. The molecule has 0 bridgehead atoms. The maximum absolute atomic E-state index is 9.31. The molecule has 0 aliphatic heterocycles. The predicted molar refractivity (Wildman–Crippen MR) is 54.8 cm³/mol. The highest BCUT2D eigenvalue weighted by Crippen LogP contribution is 2.22. The molecule has 0 aromatic heterocycles. The van der Waals surface area contributed by atoms with Gasteiger partial charge in [-0.3, -0.25) is 0 Å². The topological polar surface area (TPSA) is 70.0 Å². The highest BCUT2D eigenvalue weighted by molar-refractivity contribution is 6.30. The first kappa shape index (κ1) is 11.0. The largest absolute Gasteiger partial charge is 0.391 e. The maximum Gasteiger partial charge on any atom is 0.0995 e. The first-order valence-corrected chi connectivity index (χ1v) is 4.57. The molecule has 1 aromatic rings. The van der Waals surface area contributed by atoms with E-state index >= 15 is 0 Å². The fraction of sp³-hybridized carbons (Fsp3) is 0.300. The van der Waals surface area contributed by atoms with Crippen LogP contribution in [0.3, 0.4) is 0 Å². The van der Waals surface area contributed by atoms with Crippen molar-refractivity contribution >= 4 is 11.6 Å². The van der Waals surface area contributed by atoms with Gasteiger partial charge in [-0.05, 0) is 30.7 Å². The lowest BCUT2D eigenvalue weighted by Crippen LogP contribution is -2.24. The molecule has 0 heterocycles. The van der Waals surface area contributed by atoms with Gasteiger partial charge in [-0.15, -0.1) is 0 Å². The standard InChI is InChI=1S/C10H11ClN2O/c1-6(14)10(13)9-4-8(11)3-2-7(9)5-12/h2-4,6,10,14H,13H2,1H3/t6-,10-/m0/s1. The second kappa shape index (κ2) is 4.43. The molecule has 1 aromatic carbocycles. The average Bonchev–Trinajstić information content (AvgIpc) is 2.16. The Morgan fingerprint density at radius 2 is 2.21 bits per heavy atom. The van der Waals surface area contributed by atoms with Crippen molar-refractivity contribution in [2.75, 3.05) is 0 Å². The van der Waals surface area contributed by atoms with Gasteiger partial charge >= 0.3 is 0 Å². The van der Waals surface area contributed by atoms with Crippen molar-refractivity contribution in [2.24, 2.45) is 5.73 Å². The number of aliphatic hydroxyl groups excluding tert-OH is 1. The Morgan fingerprint density at radius 1 is 1.57 bits per heavy atom. The summed E-state index contributed by atoms with van der Waals surface area (Å²) in [5.74, 6) is 0. The summed E-state index contributed by atoms with van der Waals surface area (Å²) in [7, 11) is 0. The van der Waals surface area contributed by atoms with E-state index in [0.717, 1.165) is 0 Å². The molecule has 0 saturated heterocycles. The summed E-state index contributed by atoms with van der Waals surface area (Å²) < 4.78 is 0. The third kappa shape index (κ3) is 2.24. The van der Waals surface area contributed by atoms with Gasteiger partial charge in [0.05, 0.1) is 23.8 Å². The molecule has 2 atom stereocenters. The van der Waals surface area contributed by atoms with E-state index in [1.807, 2.05) is 6.07 Å². The van der Waals surface area contributed by atoms with Gasteiger partial charge in [0.15, 0.2) is 0 Å². The van der Waals surface area contributed by atoms with Gasteiger partial charge < -0.3 is 10.8 Å². The molecular weight excluding hydrogens is 200 g/mol. The van der Waals surface area contributed by atoms with Gasteiger partial charge in [-0.1, -0.05) is 11.6 Å². The zero-order chi connectivity index (χ0) is 10.7. The number of benzene rings is 1. The fourth-order valence-corrected chi connectivity index (χ4v) is 1.35. The summed E-state index contributed by atoms with van der Waals surface area (Å²) in [5.41, 5.74) is 6.75. The van der Waals surface area contributed by atoms with E-state index < -0.39 is 12.1 Å². The second-order valence-electron chi connectivity index (χ2n) is 3.11. The Labute approximate surface area is 87.7 Å². The van der Waals surface area contributed by atoms with Crippen molar-refractivity contribution in [3.8, 4) is 6.07 Å². The van der Waals surface area contributed by atoms with Crippen molar-refractivity contribution in [3.63, 3.8) is 0 Å². The van der Waals surface area contributed by atoms with Gasteiger partial charge in [0, 0.05) is 5.02 Å². The number of nitriles is 1. The van der Waals surface area contributed by atoms with Crippen molar-refractivity contribution in [3.05, 3.63) is 34.3 Å². The average molecular weight is 211 g/mol. The normalized spacial score (nSPS) is 14.5. The van der Waals surface area contributed by atoms with Crippen molar-refractivity contribution in [2.45, 2.75) is 19.1 Å². The van der Waals surface area contributed by atoms with Crippen LogP contribution in [0.2, 0.25) is 5.02 Å². The van der Waals surface area contributed by atoms with E-state index in [4.69, 9.17) is 22.6 Å². The summed E-state index contributed by atoms with van der Waals surface area (Å²) in [6, 6.07) is 6.26.